The van der Waals surface area contributed by atoms with E-state index in [0.717, 1.165) is 27.3 Å². The second kappa shape index (κ2) is 7.34. The molecule has 0 aliphatic carbocycles. The highest BCUT2D eigenvalue weighted by Crippen LogP contribution is 2.31. The molecule has 0 saturated carbocycles. The number of carbonyl (C=O) groups excluding carboxylic acids is 1. The topological polar surface area (TPSA) is 76.9 Å². The Balaban J connectivity index is 1.95. The van der Waals surface area contributed by atoms with Gasteiger partial charge in [0, 0.05) is 10.6 Å². The van der Waals surface area contributed by atoms with Gasteiger partial charge in [0.05, 0.1) is 10.9 Å². The standard InChI is InChI=1S/C18H17F3N4O2S/c1-4-13(15(26)22-12-7-5-6-11(8-12)18(19,20)21)25-17(27)14-9(2)10(3)28-16(14)23-24-25/h5-8,13H,4H2,1-3H3,(H,22,26). The third-order valence-corrected chi connectivity index (χ3v) is 5.55. The Kier molecular flexibility index (Phi) is 5.24. The van der Waals surface area contributed by atoms with E-state index in [1.807, 2.05) is 6.92 Å². The fourth-order valence-electron chi connectivity index (χ4n) is 2.85. The van der Waals surface area contributed by atoms with Crippen molar-refractivity contribution in [2.24, 2.45) is 0 Å². The van der Waals surface area contributed by atoms with Gasteiger partial charge in [-0.25, -0.2) is 0 Å². The average molecular weight is 410 g/mol. The summed E-state index contributed by atoms with van der Waals surface area (Å²) >= 11 is 1.34. The number of benzene rings is 1. The van der Waals surface area contributed by atoms with Crippen molar-refractivity contribution in [2.75, 3.05) is 5.32 Å². The van der Waals surface area contributed by atoms with Crippen LogP contribution < -0.4 is 10.9 Å². The van der Waals surface area contributed by atoms with Crippen molar-refractivity contribution < 1.29 is 18.0 Å². The van der Waals surface area contributed by atoms with Crippen LogP contribution in [0.15, 0.2) is 29.1 Å². The number of carbonyl (C=O) groups is 1. The summed E-state index contributed by atoms with van der Waals surface area (Å²) in [6.07, 6.45) is -4.31. The molecule has 0 spiro atoms. The Morgan fingerprint density at radius 3 is 2.68 bits per heavy atom. The Morgan fingerprint density at radius 2 is 2.04 bits per heavy atom. The second-order valence-electron chi connectivity index (χ2n) is 6.29. The van der Waals surface area contributed by atoms with Gasteiger partial charge < -0.3 is 5.32 Å². The maximum Gasteiger partial charge on any atom is 0.416 e. The molecular formula is C18H17F3N4O2S. The van der Waals surface area contributed by atoms with Crippen LogP contribution in [0.25, 0.3) is 10.2 Å². The molecule has 1 N–H and O–H groups in total. The van der Waals surface area contributed by atoms with E-state index in [4.69, 9.17) is 0 Å². The maximum atomic E-state index is 12.9. The molecule has 0 bridgehead atoms. The van der Waals surface area contributed by atoms with Crippen LogP contribution >= 0.6 is 11.3 Å². The molecule has 2 aromatic heterocycles. The van der Waals surface area contributed by atoms with Gasteiger partial charge in [-0.2, -0.15) is 17.9 Å². The Bertz CT molecular complexity index is 1100. The minimum Gasteiger partial charge on any atom is -0.324 e. The van der Waals surface area contributed by atoms with Crippen LogP contribution in [0, 0.1) is 13.8 Å². The fraction of sp³-hybridized carbons (Fsp3) is 0.333. The Hall–Kier alpha value is -2.75. The van der Waals surface area contributed by atoms with E-state index in [-0.39, 0.29) is 12.1 Å². The Morgan fingerprint density at radius 1 is 1.32 bits per heavy atom. The molecule has 1 aromatic carbocycles. The van der Waals surface area contributed by atoms with Crippen molar-refractivity contribution in [3.63, 3.8) is 0 Å². The van der Waals surface area contributed by atoms with E-state index >= 15 is 0 Å². The zero-order chi connectivity index (χ0) is 20.6. The molecule has 1 amide bonds. The number of anilines is 1. The molecule has 1 unspecified atom stereocenters. The Labute approximate surface area is 162 Å². The quantitative estimate of drug-likeness (QED) is 0.703. The number of nitrogens with one attached hydrogen (secondary N) is 1. The number of amides is 1. The molecule has 3 aromatic rings. The van der Waals surface area contributed by atoms with Gasteiger partial charge in [-0.3, -0.25) is 9.59 Å². The number of aromatic nitrogens is 3. The van der Waals surface area contributed by atoms with Gasteiger partial charge in [-0.1, -0.05) is 18.2 Å². The van der Waals surface area contributed by atoms with Gasteiger partial charge in [0.25, 0.3) is 5.56 Å². The molecule has 6 nitrogen and oxygen atoms in total. The first-order valence-corrected chi connectivity index (χ1v) is 9.28. The van der Waals surface area contributed by atoms with Crippen molar-refractivity contribution in [1.82, 2.24) is 15.0 Å². The van der Waals surface area contributed by atoms with Crippen molar-refractivity contribution >= 4 is 33.1 Å². The fourth-order valence-corrected chi connectivity index (χ4v) is 3.81. The van der Waals surface area contributed by atoms with E-state index in [2.05, 4.69) is 15.6 Å². The number of hydrogen-bond acceptors (Lipinski definition) is 5. The minimum atomic E-state index is -4.52. The molecule has 3 rings (SSSR count). The van der Waals surface area contributed by atoms with Crippen molar-refractivity contribution in [2.45, 2.75) is 39.4 Å². The van der Waals surface area contributed by atoms with Gasteiger partial charge in [-0.05, 0) is 44.0 Å². The SMILES string of the molecule is CCC(C(=O)Nc1cccc(C(F)(F)F)c1)n1nnc2sc(C)c(C)c2c1=O. The van der Waals surface area contributed by atoms with Crippen LogP contribution in [-0.2, 0) is 11.0 Å². The molecule has 0 radical (unpaired) electrons. The average Bonchev–Trinajstić information content (AvgIpc) is 2.92. The summed E-state index contributed by atoms with van der Waals surface area (Å²) < 4.78 is 39.6. The molecule has 2 heterocycles. The zero-order valence-electron chi connectivity index (χ0n) is 15.3. The molecule has 1 atom stereocenters. The van der Waals surface area contributed by atoms with Gasteiger partial charge >= 0.3 is 6.18 Å². The van der Waals surface area contributed by atoms with E-state index < -0.39 is 29.2 Å². The third-order valence-electron chi connectivity index (χ3n) is 4.46. The summed E-state index contributed by atoms with van der Waals surface area (Å²) in [7, 11) is 0. The molecular weight excluding hydrogens is 393 g/mol. The molecule has 0 aliphatic rings. The first-order chi connectivity index (χ1) is 13.1. The van der Waals surface area contributed by atoms with Crippen LogP contribution in [0.2, 0.25) is 0 Å². The first kappa shape index (κ1) is 20.0. The monoisotopic (exact) mass is 410 g/mol. The first-order valence-electron chi connectivity index (χ1n) is 8.46. The molecule has 0 aliphatic heterocycles. The van der Waals surface area contributed by atoms with Gasteiger partial charge in [0.1, 0.15) is 6.04 Å². The smallest absolute Gasteiger partial charge is 0.324 e. The number of aryl methyl sites for hydroxylation is 2. The predicted octanol–water partition coefficient (Wildman–Crippen LogP) is 4.08. The molecule has 148 valence electrons. The number of fused-ring (bicyclic) bond motifs is 1. The van der Waals surface area contributed by atoms with E-state index in [9.17, 15) is 22.8 Å². The molecule has 28 heavy (non-hydrogen) atoms. The highest BCUT2D eigenvalue weighted by molar-refractivity contribution is 7.18. The lowest BCUT2D eigenvalue weighted by molar-refractivity contribution is -0.137. The van der Waals surface area contributed by atoms with Crippen molar-refractivity contribution in [3.8, 4) is 0 Å². The van der Waals surface area contributed by atoms with Crippen molar-refractivity contribution in [3.05, 3.63) is 50.6 Å². The lowest BCUT2D eigenvalue weighted by Crippen LogP contribution is -2.35. The highest BCUT2D eigenvalue weighted by atomic mass is 32.1. The number of alkyl halides is 3. The largest absolute Gasteiger partial charge is 0.416 e. The van der Waals surface area contributed by atoms with Crippen LogP contribution in [0.3, 0.4) is 0 Å². The van der Waals surface area contributed by atoms with Crippen LogP contribution in [0.5, 0.6) is 0 Å². The van der Waals surface area contributed by atoms with E-state index in [1.54, 1.807) is 13.8 Å². The molecule has 0 fully saturated rings. The molecule has 10 heteroatoms. The maximum absolute atomic E-state index is 12.9. The second-order valence-corrected chi connectivity index (χ2v) is 7.50. The summed E-state index contributed by atoms with van der Waals surface area (Å²) in [5, 5.41) is 10.7. The van der Waals surface area contributed by atoms with E-state index in [1.165, 1.54) is 23.5 Å². The minimum absolute atomic E-state index is 0.0112. The lowest BCUT2D eigenvalue weighted by atomic mass is 10.1. The number of thiophene rings is 1. The summed E-state index contributed by atoms with van der Waals surface area (Å²) in [6, 6.07) is 3.31. The summed E-state index contributed by atoms with van der Waals surface area (Å²) in [6.45, 7) is 5.34. The van der Waals surface area contributed by atoms with Crippen molar-refractivity contribution in [1.29, 1.82) is 0 Å². The summed E-state index contributed by atoms with van der Waals surface area (Å²) in [4.78, 5) is 26.9. The van der Waals surface area contributed by atoms with E-state index in [0.29, 0.717) is 10.2 Å². The predicted molar refractivity (Wildman–Crippen MR) is 101 cm³/mol. The van der Waals surface area contributed by atoms with Crippen LogP contribution in [-0.4, -0.2) is 20.9 Å². The third kappa shape index (κ3) is 3.64. The number of halogens is 3. The van der Waals surface area contributed by atoms with Crippen LogP contribution in [0.1, 0.15) is 35.4 Å². The van der Waals surface area contributed by atoms with Gasteiger partial charge in [0.15, 0.2) is 4.83 Å². The van der Waals surface area contributed by atoms with Gasteiger partial charge in [-0.15, -0.1) is 16.4 Å². The lowest BCUT2D eigenvalue weighted by Gasteiger charge is -2.16. The molecule has 0 saturated heterocycles. The highest BCUT2D eigenvalue weighted by Gasteiger charge is 2.31. The van der Waals surface area contributed by atoms with Crippen LogP contribution in [0.4, 0.5) is 18.9 Å². The number of nitrogens with zero attached hydrogens (tertiary/aromatic N) is 3. The summed E-state index contributed by atoms with van der Waals surface area (Å²) in [5.74, 6) is -0.637. The normalized spacial score (nSPS) is 12.9. The number of rotatable bonds is 4. The summed E-state index contributed by atoms with van der Waals surface area (Å²) in [5.41, 5.74) is -0.552. The van der Waals surface area contributed by atoms with Gasteiger partial charge in [0.2, 0.25) is 5.91 Å². The number of hydrogen-bond donors (Lipinski definition) is 1. The zero-order valence-corrected chi connectivity index (χ0v) is 16.1.